The molecule has 0 fully saturated rings. The highest BCUT2D eigenvalue weighted by molar-refractivity contribution is 6.36. The molecule has 3 aromatic rings. The van der Waals surface area contributed by atoms with Gasteiger partial charge in [0.2, 0.25) is 0 Å². The molecule has 3 aromatic carbocycles. The van der Waals surface area contributed by atoms with Crippen LogP contribution in [-0.2, 0) is 0 Å². The molecule has 0 atom stereocenters. The van der Waals surface area contributed by atoms with Gasteiger partial charge in [0.1, 0.15) is 11.5 Å². The Hall–Kier alpha value is -3.35. The van der Waals surface area contributed by atoms with Crippen molar-refractivity contribution in [2.75, 3.05) is 4.90 Å². The maximum atomic E-state index is 12.7. The summed E-state index contributed by atoms with van der Waals surface area (Å²) in [4.78, 5) is 37.4. The maximum absolute atomic E-state index is 12.7. The predicted molar refractivity (Wildman–Crippen MR) is 108 cm³/mol. The molecule has 144 valence electrons. The Morgan fingerprint density at radius 1 is 0.862 bits per heavy atom. The number of halogens is 2. The van der Waals surface area contributed by atoms with Gasteiger partial charge in [-0.25, -0.2) is 9.69 Å². The van der Waals surface area contributed by atoms with Crippen LogP contribution >= 0.6 is 23.2 Å². The fourth-order valence-corrected chi connectivity index (χ4v) is 3.40. The van der Waals surface area contributed by atoms with Gasteiger partial charge in [-0.3, -0.25) is 9.59 Å². The fraction of sp³-hybridized carbons (Fsp3) is 0. The lowest BCUT2D eigenvalue weighted by atomic mass is 10.1. The number of nitrogens with zero attached hydrogens (tertiary/aromatic N) is 1. The monoisotopic (exact) mass is 427 g/mol. The van der Waals surface area contributed by atoms with E-state index in [1.807, 2.05) is 0 Å². The molecule has 1 N–H and O–H groups in total. The van der Waals surface area contributed by atoms with Crippen molar-refractivity contribution in [1.82, 2.24) is 0 Å². The average molecular weight is 428 g/mol. The van der Waals surface area contributed by atoms with Gasteiger partial charge in [0.15, 0.2) is 0 Å². The molecule has 0 aromatic heterocycles. The zero-order chi connectivity index (χ0) is 20.7. The first kappa shape index (κ1) is 19.0. The summed E-state index contributed by atoms with van der Waals surface area (Å²) in [7, 11) is 0. The molecule has 1 aliphatic heterocycles. The van der Waals surface area contributed by atoms with Gasteiger partial charge in [0.05, 0.1) is 27.4 Å². The smallest absolute Gasteiger partial charge is 0.335 e. The zero-order valence-corrected chi connectivity index (χ0v) is 16.1. The SMILES string of the molecule is O=C(O)c1ccc2c(c1)C(=O)N(c1ccc(Oc3ccc(Cl)cc3Cl)cc1)C2=O. The van der Waals surface area contributed by atoms with Crippen LogP contribution in [0, 0.1) is 0 Å². The van der Waals surface area contributed by atoms with E-state index in [9.17, 15) is 14.4 Å². The Kier molecular flexibility index (Phi) is 4.74. The van der Waals surface area contributed by atoms with Gasteiger partial charge in [-0.15, -0.1) is 0 Å². The largest absolute Gasteiger partial charge is 0.478 e. The summed E-state index contributed by atoms with van der Waals surface area (Å²) in [5.74, 6) is -1.42. The number of hydrogen-bond acceptors (Lipinski definition) is 4. The number of hydrogen-bond donors (Lipinski definition) is 1. The van der Waals surface area contributed by atoms with E-state index in [-0.39, 0.29) is 16.7 Å². The number of benzene rings is 3. The van der Waals surface area contributed by atoms with Crippen molar-refractivity contribution in [3.8, 4) is 11.5 Å². The molecular formula is C21H11Cl2NO5. The molecule has 1 aliphatic rings. The summed E-state index contributed by atoms with van der Waals surface area (Å²) in [5, 5.41) is 9.92. The van der Waals surface area contributed by atoms with Crippen LogP contribution in [0.2, 0.25) is 10.0 Å². The number of carbonyl (C=O) groups is 3. The van der Waals surface area contributed by atoms with Gasteiger partial charge < -0.3 is 9.84 Å². The van der Waals surface area contributed by atoms with Crippen molar-refractivity contribution in [3.05, 3.63) is 87.4 Å². The molecule has 0 saturated heterocycles. The zero-order valence-electron chi connectivity index (χ0n) is 14.6. The lowest BCUT2D eigenvalue weighted by Crippen LogP contribution is -2.29. The van der Waals surface area contributed by atoms with Crippen molar-refractivity contribution in [2.24, 2.45) is 0 Å². The summed E-state index contributed by atoms with van der Waals surface area (Å²) in [5.41, 5.74) is 0.495. The Balaban J connectivity index is 1.60. The van der Waals surface area contributed by atoms with E-state index < -0.39 is 17.8 Å². The van der Waals surface area contributed by atoms with Crippen LogP contribution in [0.25, 0.3) is 0 Å². The highest BCUT2D eigenvalue weighted by atomic mass is 35.5. The first-order chi connectivity index (χ1) is 13.8. The number of imide groups is 1. The van der Waals surface area contributed by atoms with E-state index in [2.05, 4.69) is 0 Å². The number of aromatic carboxylic acids is 1. The summed E-state index contributed by atoms with van der Waals surface area (Å²) < 4.78 is 5.70. The second-order valence-corrected chi connectivity index (χ2v) is 7.03. The molecule has 0 aliphatic carbocycles. The van der Waals surface area contributed by atoms with Crippen LogP contribution in [0.1, 0.15) is 31.1 Å². The van der Waals surface area contributed by atoms with Crippen LogP contribution in [0.15, 0.2) is 60.7 Å². The van der Waals surface area contributed by atoms with Crippen LogP contribution in [0.5, 0.6) is 11.5 Å². The molecule has 0 bridgehead atoms. The van der Waals surface area contributed by atoms with Crippen LogP contribution in [0.3, 0.4) is 0 Å². The van der Waals surface area contributed by atoms with Crippen LogP contribution in [-0.4, -0.2) is 22.9 Å². The van der Waals surface area contributed by atoms with Gasteiger partial charge >= 0.3 is 5.97 Å². The highest BCUT2D eigenvalue weighted by Crippen LogP contribution is 2.34. The molecule has 0 unspecified atom stereocenters. The van der Waals surface area contributed by atoms with E-state index in [1.54, 1.807) is 42.5 Å². The van der Waals surface area contributed by atoms with E-state index in [4.69, 9.17) is 33.0 Å². The lowest BCUT2D eigenvalue weighted by Gasteiger charge is -2.15. The number of fused-ring (bicyclic) bond motifs is 1. The number of carbonyl (C=O) groups excluding carboxylic acids is 2. The van der Waals surface area contributed by atoms with Crippen LogP contribution < -0.4 is 9.64 Å². The number of rotatable bonds is 4. The van der Waals surface area contributed by atoms with E-state index in [1.165, 1.54) is 18.2 Å². The Morgan fingerprint density at radius 3 is 2.21 bits per heavy atom. The van der Waals surface area contributed by atoms with E-state index >= 15 is 0 Å². The van der Waals surface area contributed by atoms with Crippen LogP contribution in [0.4, 0.5) is 5.69 Å². The Bertz CT molecular complexity index is 1170. The first-order valence-corrected chi connectivity index (χ1v) is 9.10. The minimum absolute atomic E-state index is 0.0585. The molecule has 29 heavy (non-hydrogen) atoms. The van der Waals surface area contributed by atoms with Gasteiger partial charge in [-0.1, -0.05) is 23.2 Å². The highest BCUT2D eigenvalue weighted by Gasteiger charge is 2.37. The molecular weight excluding hydrogens is 417 g/mol. The third-order valence-corrected chi connectivity index (χ3v) is 4.88. The second kappa shape index (κ2) is 7.24. The minimum atomic E-state index is -1.17. The average Bonchev–Trinajstić information content (AvgIpc) is 2.95. The van der Waals surface area contributed by atoms with Gasteiger partial charge in [0.25, 0.3) is 11.8 Å². The molecule has 0 radical (unpaired) electrons. The fourth-order valence-electron chi connectivity index (χ4n) is 2.96. The van der Waals surface area contributed by atoms with Crippen molar-refractivity contribution < 1.29 is 24.2 Å². The number of carboxylic acid groups (broad SMARTS) is 1. The number of carboxylic acids is 1. The number of ether oxygens (including phenoxy) is 1. The summed E-state index contributed by atoms with van der Waals surface area (Å²) >= 11 is 12.0. The van der Waals surface area contributed by atoms with Crippen molar-refractivity contribution >= 4 is 46.7 Å². The third kappa shape index (κ3) is 3.44. The molecule has 1 heterocycles. The topological polar surface area (TPSA) is 83.9 Å². The first-order valence-electron chi connectivity index (χ1n) is 8.34. The summed E-state index contributed by atoms with van der Waals surface area (Å²) in [6, 6.07) is 15.0. The number of anilines is 1. The van der Waals surface area contributed by atoms with Crippen molar-refractivity contribution in [3.63, 3.8) is 0 Å². The quantitative estimate of drug-likeness (QED) is 0.572. The maximum Gasteiger partial charge on any atom is 0.335 e. The number of amides is 2. The molecule has 6 nitrogen and oxygen atoms in total. The van der Waals surface area contributed by atoms with Gasteiger partial charge in [-0.2, -0.15) is 0 Å². The van der Waals surface area contributed by atoms with E-state index in [0.29, 0.717) is 27.2 Å². The molecule has 4 rings (SSSR count). The van der Waals surface area contributed by atoms with Gasteiger partial charge in [0, 0.05) is 5.02 Å². The Morgan fingerprint density at radius 2 is 1.55 bits per heavy atom. The third-order valence-electron chi connectivity index (χ3n) is 4.35. The van der Waals surface area contributed by atoms with Crippen molar-refractivity contribution in [1.29, 1.82) is 0 Å². The van der Waals surface area contributed by atoms with Gasteiger partial charge in [-0.05, 0) is 60.7 Å². The lowest BCUT2D eigenvalue weighted by molar-refractivity contribution is 0.0696. The standard InChI is InChI=1S/C21H11Cl2NO5/c22-12-2-8-18(17(23)10-12)29-14-5-3-13(4-6-14)24-19(25)15-7-1-11(21(27)28)9-16(15)20(24)26/h1-10H,(H,27,28). The van der Waals surface area contributed by atoms with Crippen molar-refractivity contribution in [2.45, 2.75) is 0 Å². The molecule has 0 spiro atoms. The van der Waals surface area contributed by atoms with E-state index in [0.717, 1.165) is 4.90 Å². The summed E-state index contributed by atoms with van der Waals surface area (Å²) in [6.45, 7) is 0. The predicted octanol–water partition coefficient (Wildman–Crippen LogP) is 5.28. The molecule has 0 saturated carbocycles. The minimum Gasteiger partial charge on any atom is -0.478 e. The Labute approximate surface area is 174 Å². The second-order valence-electron chi connectivity index (χ2n) is 6.18. The molecule has 2 amide bonds. The normalized spacial score (nSPS) is 12.8. The molecule has 8 heteroatoms. The summed E-state index contributed by atoms with van der Waals surface area (Å²) in [6.07, 6.45) is 0.